The summed E-state index contributed by atoms with van der Waals surface area (Å²) in [6.45, 7) is 9.52. The molecule has 0 aliphatic carbocycles. The number of nitrogens with two attached hydrogens (primary N) is 1. The minimum Gasteiger partial charge on any atom is -0.389 e. The van der Waals surface area contributed by atoms with Crippen LogP contribution in [0.25, 0.3) is 0 Å². The monoisotopic (exact) mass is 268 g/mol. The molecule has 0 aromatic heterocycles. The van der Waals surface area contributed by atoms with Crippen LogP contribution in [0, 0.1) is 17.2 Å². The molecule has 0 heterocycles. The number of halogens is 1. The summed E-state index contributed by atoms with van der Waals surface area (Å²) >= 11 is 4.94. The summed E-state index contributed by atoms with van der Waals surface area (Å²) in [6.07, 6.45) is 0. The summed E-state index contributed by atoms with van der Waals surface area (Å²) < 4.78 is 13.2. The minimum absolute atomic E-state index is 0.141. The maximum absolute atomic E-state index is 13.2. The van der Waals surface area contributed by atoms with Gasteiger partial charge in [0.25, 0.3) is 0 Å². The lowest BCUT2D eigenvalue weighted by Gasteiger charge is -2.30. The molecular weight excluding hydrogens is 247 g/mol. The third kappa shape index (κ3) is 3.67. The van der Waals surface area contributed by atoms with Crippen LogP contribution in [-0.4, -0.2) is 11.5 Å². The van der Waals surface area contributed by atoms with E-state index in [0.717, 1.165) is 12.2 Å². The molecule has 0 atom stereocenters. The fraction of sp³-hybridized carbons (Fsp3) is 0.500. The zero-order valence-electron chi connectivity index (χ0n) is 11.4. The average Bonchev–Trinajstić information content (AvgIpc) is 2.27. The normalized spacial score (nSPS) is 11.7. The molecule has 0 aliphatic rings. The molecule has 1 rings (SSSR count). The molecule has 0 saturated heterocycles. The molecule has 0 aliphatic heterocycles. The Morgan fingerprint density at radius 1 is 1.44 bits per heavy atom. The minimum atomic E-state index is -0.327. The molecule has 0 bridgehead atoms. The lowest BCUT2D eigenvalue weighted by atomic mass is 9.81. The Hall–Kier alpha value is -1.16. The van der Waals surface area contributed by atoms with Crippen molar-refractivity contribution in [3.63, 3.8) is 0 Å². The fourth-order valence-electron chi connectivity index (χ4n) is 1.40. The van der Waals surface area contributed by atoms with Gasteiger partial charge in [0.2, 0.25) is 0 Å². The third-order valence-corrected chi connectivity index (χ3v) is 3.76. The van der Waals surface area contributed by atoms with Crippen molar-refractivity contribution in [3.8, 4) is 0 Å². The number of hydrogen-bond donors (Lipinski definition) is 2. The smallest absolute Gasteiger partial charge is 0.124 e. The summed E-state index contributed by atoms with van der Waals surface area (Å²) in [5.41, 5.74) is 7.10. The van der Waals surface area contributed by atoms with Gasteiger partial charge in [-0.3, -0.25) is 0 Å². The second-order valence-corrected chi connectivity index (χ2v) is 5.99. The Bertz CT molecular complexity index is 441. The number of thiocarbonyl (C=S) groups is 1. The number of hydrogen-bond acceptors (Lipinski definition) is 2. The van der Waals surface area contributed by atoms with Gasteiger partial charge >= 0.3 is 0 Å². The number of anilines is 1. The van der Waals surface area contributed by atoms with E-state index in [9.17, 15) is 4.39 Å². The average molecular weight is 268 g/mol. The van der Waals surface area contributed by atoms with Crippen LogP contribution in [0.4, 0.5) is 10.1 Å². The summed E-state index contributed by atoms with van der Waals surface area (Å²) in [6, 6.07) is 4.46. The van der Waals surface area contributed by atoms with E-state index in [4.69, 9.17) is 18.0 Å². The van der Waals surface area contributed by atoms with Crippen molar-refractivity contribution >= 4 is 22.9 Å². The molecular formula is C14H21FN2S. The van der Waals surface area contributed by atoms with Gasteiger partial charge in [-0.15, -0.1) is 0 Å². The summed E-state index contributed by atoms with van der Waals surface area (Å²) in [5, 5.41) is 3.31. The van der Waals surface area contributed by atoms with Gasteiger partial charge in [0.1, 0.15) is 10.8 Å². The van der Waals surface area contributed by atoms with E-state index in [1.165, 1.54) is 12.1 Å². The Morgan fingerprint density at radius 3 is 2.56 bits per heavy atom. The van der Waals surface area contributed by atoms with Crippen LogP contribution in [0.15, 0.2) is 18.2 Å². The van der Waals surface area contributed by atoms with Gasteiger partial charge in [0, 0.05) is 17.8 Å². The SMILES string of the molecule is CC(C)C(C)(C)CNc1ccc(F)cc1C(N)=S. The van der Waals surface area contributed by atoms with E-state index in [2.05, 4.69) is 33.0 Å². The molecule has 2 nitrogen and oxygen atoms in total. The molecule has 1 aromatic rings. The third-order valence-electron chi connectivity index (χ3n) is 3.54. The highest BCUT2D eigenvalue weighted by atomic mass is 32.1. The van der Waals surface area contributed by atoms with Crippen LogP contribution in [0.5, 0.6) is 0 Å². The number of benzene rings is 1. The van der Waals surface area contributed by atoms with Gasteiger partial charge in [-0.1, -0.05) is 39.9 Å². The number of rotatable bonds is 5. The molecule has 18 heavy (non-hydrogen) atoms. The Balaban J connectivity index is 2.89. The van der Waals surface area contributed by atoms with Gasteiger partial charge < -0.3 is 11.1 Å². The van der Waals surface area contributed by atoms with Crippen molar-refractivity contribution in [2.75, 3.05) is 11.9 Å². The van der Waals surface area contributed by atoms with E-state index >= 15 is 0 Å². The Kier molecular flexibility index (Phi) is 4.68. The second-order valence-electron chi connectivity index (χ2n) is 5.55. The topological polar surface area (TPSA) is 38.0 Å². The molecule has 0 amide bonds. The molecule has 3 N–H and O–H groups in total. The molecule has 0 spiro atoms. The summed E-state index contributed by atoms with van der Waals surface area (Å²) in [7, 11) is 0. The van der Waals surface area contributed by atoms with Crippen molar-refractivity contribution < 1.29 is 4.39 Å². The summed E-state index contributed by atoms with van der Waals surface area (Å²) in [5.74, 6) is 0.213. The largest absolute Gasteiger partial charge is 0.389 e. The van der Waals surface area contributed by atoms with Crippen molar-refractivity contribution in [2.24, 2.45) is 17.1 Å². The van der Waals surface area contributed by atoms with Crippen molar-refractivity contribution in [1.82, 2.24) is 0 Å². The molecule has 1 aromatic carbocycles. The standard InChI is InChI=1S/C14H21FN2S/c1-9(2)14(3,4)8-17-12-6-5-10(15)7-11(12)13(16)18/h5-7,9,17H,8H2,1-4H3,(H2,16,18). The maximum atomic E-state index is 13.2. The van der Waals surface area contributed by atoms with E-state index in [1.807, 2.05) is 0 Å². The van der Waals surface area contributed by atoms with Crippen LogP contribution in [0.3, 0.4) is 0 Å². The number of nitrogens with one attached hydrogen (secondary N) is 1. The van der Waals surface area contributed by atoms with Crippen LogP contribution in [0.2, 0.25) is 0 Å². The predicted octanol–water partition coefficient (Wildman–Crippen LogP) is 3.55. The Morgan fingerprint density at radius 2 is 2.06 bits per heavy atom. The second kappa shape index (κ2) is 5.65. The van der Waals surface area contributed by atoms with E-state index in [-0.39, 0.29) is 16.2 Å². The summed E-state index contributed by atoms with van der Waals surface area (Å²) in [4.78, 5) is 0.208. The maximum Gasteiger partial charge on any atom is 0.124 e. The highest BCUT2D eigenvalue weighted by Crippen LogP contribution is 2.27. The van der Waals surface area contributed by atoms with Crippen molar-refractivity contribution in [1.29, 1.82) is 0 Å². The zero-order valence-corrected chi connectivity index (χ0v) is 12.2. The van der Waals surface area contributed by atoms with Gasteiger partial charge in [0.15, 0.2) is 0 Å². The fourth-order valence-corrected chi connectivity index (χ4v) is 1.57. The molecule has 4 heteroatoms. The first-order valence-electron chi connectivity index (χ1n) is 6.07. The highest BCUT2D eigenvalue weighted by molar-refractivity contribution is 7.80. The van der Waals surface area contributed by atoms with E-state index in [0.29, 0.717) is 11.5 Å². The molecule has 0 radical (unpaired) electrons. The molecule has 0 fully saturated rings. The van der Waals surface area contributed by atoms with Crippen LogP contribution >= 0.6 is 12.2 Å². The highest BCUT2D eigenvalue weighted by Gasteiger charge is 2.22. The van der Waals surface area contributed by atoms with Crippen LogP contribution < -0.4 is 11.1 Å². The quantitative estimate of drug-likeness (QED) is 0.802. The first-order chi connectivity index (χ1) is 8.24. The lowest BCUT2D eigenvalue weighted by Crippen LogP contribution is -2.29. The van der Waals surface area contributed by atoms with Gasteiger partial charge in [-0.25, -0.2) is 4.39 Å². The first-order valence-corrected chi connectivity index (χ1v) is 6.48. The lowest BCUT2D eigenvalue weighted by molar-refractivity contribution is 0.269. The van der Waals surface area contributed by atoms with E-state index in [1.54, 1.807) is 6.07 Å². The molecule has 100 valence electrons. The zero-order chi connectivity index (χ0) is 13.9. The van der Waals surface area contributed by atoms with Gasteiger partial charge in [-0.2, -0.15) is 0 Å². The Labute approximate surface area is 114 Å². The van der Waals surface area contributed by atoms with Crippen LogP contribution in [-0.2, 0) is 0 Å². The molecule has 0 saturated carbocycles. The van der Waals surface area contributed by atoms with Crippen LogP contribution in [0.1, 0.15) is 33.3 Å². The first kappa shape index (κ1) is 14.9. The van der Waals surface area contributed by atoms with Gasteiger partial charge in [-0.05, 0) is 29.5 Å². The van der Waals surface area contributed by atoms with Crippen molar-refractivity contribution in [2.45, 2.75) is 27.7 Å². The molecule has 0 unspecified atom stereocenters. The van der Waals surface area contributed by atoms with Crippen molar-refractivity contribution in [3.05, 3.63) is 29.6 Å². The predicted molar refractivity (Wildman–Crippen MR) is 79.4 cm³/mol. The van der Waals surface area contributed by atoms with E-state index < -0.39 is 0 Å². The van der Waals surface area contributed by atoms with Gasteiger partial charge in [0.05, 0.1) is 0 Å².